The number of nitrogens with zero attached hydrogens (tertiary/aromatic N) is 3. The van der Waals surface area contributed by atoms with E-state index >= 15 is 0 Å². The Hall–Kier alpha value is -3.93. The third kappa shape index (κ3) is 5.03. The summed E-state index contributed by atoms with van der Waals surface area (Å²) in [4.78, 5) is 34.7. The maximum atomic E-state index is 13.6. The van der Waals surface area contributed by atoms with Crippen molar-refractivity contribution in [3.63, 3.8) is 0 Å². The first-order chi connectivity index (χ1) is 19.0. The minimum absolute atomic E-state index is 0.0515. The summed E-state index contributed by atoms with van der Waals surface area (Å²) >= 11 is 0. The number of carboxylic acid groups (broad SMARTS) is 1. The SMILES string of the molecule is CN(C)/C=C1/CCCc2nc(-c3ccc(C4(N(C(=O)O)C(C)(C)C)CCC4)cc3)c(-c3ccccc3)cc2C1=O. The van der Waals surface area contributed by atoms with Crippen molar-refractivity contribution >= 4 is 11.9 Å². The van der Waals surface area contributed by atoms with Crippen LogP contribution >= 0.6 is 0 Å². The average Bonchev–Trinajstić information content (AvgIpc) is 3.03. The van der Waals surface area contributed by atoms with Crippen molar-refractivity contribution in [2.75, 3.05) is 14.1 Å². The van der Waals surface area contributed by atoms with Gasteiger partial charge in [0.15, 0.2) is 5.78 Å². The standard InChI is InChI=1S/C34H39N3O3/c1-33(2,3)37(32(39)40)34(19-10-20-34)26-17-15-24(16-18-26)30-27(23-11-7-6-8-12-23)21-28-29(35-30)14-9-13-25(31(28)38)22-36(4)5/h6-8,11-12,15-18,21-22H,9-10,13-14,19-20H2,1-5H3,(H,39,40)/b25-22-. The molecule has 1 N–H and O–H groups in total. The van der Waals surface area contributed by atoms with Gasteiger partial charge in [0, 0.05) is 48.1 Å². The summed E-state index contributed by atoms with van der Waals surface area (Å²) in [7, 11) is 3.88. The topological polar surface area (TPSA) is 73.7 Å². The number of ketones is 1. The Kier molecular flexibility index (Phi) is 7.30. The first kappa shape index (κ1) is 27.6. The molecule has 0 spiro atoms. The number of hydrogen-bond donors (Lipinski definition) is 1. The highest BCUT2D eigenvalue weighted by molar-refractivity contribution is 6.10. The molecule has 40 heavy (non-hydrogen) atoms. The number of benzene rings is 2. The van der Waals surface area contributed by atoms with Gasteiger partial charge in [0.05, 0.1) is 16.9 Å². The van der Waals surface area contributed by atoms with Gasteiger partial charge in [-0.15, -0.1) is 0 Å². The number of Topliss-reactive ketones (excluding diaryl/α,β-unsaturated/α-hetero) is 1. The Labute approximate surface area is 237 Å². The van der Waals surface area contributed by atoms with Crippen LogP contribution in [0.4, 0.5) is 4.79 Å². The summed E-state index contributed by atoms with van der Waals surface area (Å²) in [5.41, 5.74) is 6.05. The number of aryl methyl sites for hydroxylation is 1. The van der Waals surface area contributed by atoms with E-state index in [1.165, 1.54) is 0 Å². The molecule has 2 aliphatic carbocycles. The van der Waals surface area contributed by atoms with Crippen LogP contribution in [-0.2, 0) is 12.0 Å². The lowest BCUT2D eigenvalue weighted by Gasteiger charge is -2.54. The molecule has 0 atom stereocenters. The second-order valence-corrected chi connectivity index (χ2v) is 12.3. The Morgan fingerprint density at radius 1 is 0.925 bits per heavy atom. The molecule has 1 aromatic heterocycles. The molecular weight excluding hydrogens is 498 g/mol. The zero-order valence-electron chi connectivity index (χ0n) is 24.2. The monoisotopic (exact) mass is 537 g/mol. The minimum atomic E-state index is -0.887. The first-order valence-corrected chi connectivity index (χ1v) is 14.2. The first-order valence-electron chi connectivity index (χ1n) is 14.2. The fourth-order valence-electron chi connectivity index (χ4n) is 6.37. The van der Waals surface area contributed by atoms with Crippen LogP contribution < -0.4 is 0 Å². The van der Waals surface area contributed by atoms with Crippen molar-refractivity contribution in [1.29, 1.82) is 0 Å². The average molecular weight is 538 g/mol. The number of rotatable bonds is 5. The van der Waals surface area contributed by atoms with Gasteiger partial charge in [-0.05, 0) is 76.5 Å². The number of pyridine rings is 1. The molecule has 0 saturated heterocycles. The molecular formula is C34H39N3O3. The Morgan fingerprint density at radius 3 is 2.15 bits per heavy atom. The molecule has 6 nitrogen and oxygen atoms in total. The molecule has 6 heteroatoms. The fourth-order valence-corrected chi connectivity index (χ4v) is 6.37. The minimum Gasteiger partial charge on any atom is -0.465 e. The number of amides is 1. The molecule has 0 bridgehead atoms. The van der Waals surface area contributed by atoms with Crippen molar-refractivity contribution in [3.8, 4) is 22.4 Å². The van der Waals surface area contributed by atoms with Crippen LogP contribution in [-0.4, -0.2) is 51.4 Å². The van der Waals surface area contributed by atoms with E-state index in [0.29, 0.717) is 5.56 Å². The maximum Gasteiger partial charge on any atom is 0.408 e. The number of carbonyl (C=O) groups excluding carboxylic acids is 1. The van der Waals surface area contributed by atoms with Crippen LogP contribution in [0, 0.1) is 0 Å². The molecule has 0 radical (unpaired) electrons. The summed E-state index contributed by atoms with van der Waals surface area (Å²) in [6, 6.07) is 20.4. The summed E-state index contributed by atoms with van der Waals surface area (Å²) in [5, 5.41) is 10.2. The number of aromatic nitrogens is 1. The summed E-state index contributed by atoms with van der Waals surface area (Å²) in [6.07, 6.45) is 6.02. The molecule has 1 fully saturated rings. The molecule has 0 aliphatic heterocycles. The second kappa shape index (κ2) is 10.6. The van der Waals surface area contributed by atoms with E-state index in [9.17, 15) is 14.7 Å². The molecule has 2 aliphatic rings. The summed E-state index contributed by atoms with van der Waals surface area (Å²) < 4.78 is 0. The van der Waals surface area contributed by atoms with Crippen LogP contribution in [0.2, 0.25) is 0 Å². The smallest absolute Gasteiger partial charge is 0.408 e. The van der Waals surface area contributed by atoms with Gasteiger partial charge in [-0.3, -0.25) is 14.7 Å². The Morgan fingerprint density at radius 2 is 1.60 bits per heavy atom. The molecule has 1 amide bonds. The normalized spacial score (nSPS) is 17.5. The van der Waals surface area contributed by atoms with Gasteiger partial charge in [-0.2, -0.15) is 0 Å². The molecule has 0 unspecified atom stereocenters. The van der Waals surface area contributed by atoms with E-state index in [4.69, 9.17) is 4.98 Å². The third-order valence-corrected chi connectivity index (χ3v) is 8.16. The van der Waals surface area contributed by atoms with Crippen LogP contribution in [0.1, 0.15) is 74.5 Å². The van der Waals surface area contributed by atoms with Crippen LogP contribution in [0.3, 0.4) is 0 Å². The highest BCUT2D eigenvalue weighted by Crippen LogP contribution is 2.50. The number of carbonyl (C=O) groups is 2. The zero-order valence-corrected chi connectivity index (χ0v) is 24.2. The largest absolute Gasteiger partial charge is 0.465 e. The second-order valence-electron chi connectivity index (χ2n) is 12.3. The number of allylic oxidation sites excluding steroid dienone is 1. The van der Waals surface area contributed by atoms with Gasteiger partial charge in [-0.25, -0.2) is 4.79 Å². The highest BCUT2D eigenvalue weighted by Gasteiger charge is 2.50. The Bertz CT molecular complexity index is 1450. The van der Waals surface area contributed by atoms with E-state index in [-0.39, 0.29) is 5.78 Å². The molecule has 2 aromatic carbocycles. The third-order valence-electron chi connectivity index (χ3n) is 8.16. The Balaban J connectivity index is 1.62. The van der Waals surface area contributed by atoms with Gasteiger partial charge in [0.1, 0.15) is 0 Å². The zero-order chi connectivity index (χ0) is 28.7. The van der Waals surface area contributed by atoms with Gasteiger partial charge >= 0.3 is 6.09 Å². The van der Waals surface area contributed by atoms with Crippen molar-refractivity contribution in [3.05, 3.63) is 89.3 Å². The van der Waals surface area contributed by atoms with Crippen molar-refractivity contribution < 1.29 is 14.7 Å². The molecule has 208 valence electrons. The van der Waals surface area contributed by atoms with Gasteiger partial charge in [0.25, 0.3) is 0 Å². The number of hydrogen-bond acceptors (Lipinski definition) is 4. The molecule has 1 saturated carbocycles. The van der Waals surface area contributed by atoms with E-state index in [1.807, 2.05) is 70.2 Å². The van der Waals surface area contributed by atoms with Gasteiger partial charge < -0.3 is 10.0 Å². The fraction of sp³-hybridized carbons (Fsp3) is 0.382. The van der Waals surface area contributed by atoms with Crippen LogP contribution in [0.5, 0.6) is 0 Å². The molecule has 1 heterocycles. The number of fused-ring (bicyclic) bond motifs is 1. The van der Waals surface area contributed by atoms with Crippen molar-refractivity contribution in [2.45, 2.75) is 70.4 Å². The lowest BCUT2D eigenvalue weighted by Crippen LogP contribution is -2.60. The molecule has 5 rings (SSSR count). The quantitative estimate of drug-likeness (QED) is 0.269. The summed E-state index contributed by atoms with van der Waals surface area (Å²) in [6.45, 7) is 5.88. The predicted molar refractivity (Wildman–Crippen MR) is 159 cm³/mol. The lowest BCUT2D eigenvalue weighted by atomic mass is 9.69. The van der Waals surface area contributed by atoms with Crippen molar-refractivity contribution in [2.24, 2.45) is 0 Å². The summed E-state index contributed by atoms with van der Waals surface area (Å²) in [5.74, 6) is 0.0515. The van der Waals surface area contributed by atoms with E-state index in [1.54, 1.807) is 4.90 Å². The lowest BCUT2D eigenvalue weighted by molar-refractivity contribution is -0.0328. The van der Waals surface area contributed by atoms with Crippen molar-refractivity contribution in [1.82, 2.24) is 14.8 Å². The van der Waals surface area contributed by atoms with Gasteiger partial charge in [-0.1, -0.05) is 54.6 Å². The van der Waals surface area contributed by atoms with Gasteiger partial charge in [0.2, 0.25) is 0 Å². The molecule has 3 aromatic rings. The van der Waals surface area contributed by atoms with E-state index < -0.39 is 17.2 Å². The predicted octanol–water partition coefficient (Wildman–Crippen LogP) is 7.54. The van der Waals surface area contributed by atoms with Crippen LogP contribution in [0.15, 0.2) is 72.4 Å². The maximum absolute atomic E-state index is 13.6. The highest BCUT2D eigenvalue weighted by atomic mass is 16.4. The van der Waals surface area contributed by atoms with Crippen LogP contribution in [0.25, 0.3) is 22.4 Å². The van der Waals surface area contributed by atoms with E-state index in [0.717, 1.165) is 77.7 Å². The van der Waals surface area contributed by atoms with E-state index in [2.05, 4.69) is 36.4 Å².